The number of amides is 1. The van der Waals surface area contributed by atoms with Crippen LogP contribution >= 0.6 is 0 Å². The van der Waals surface area contributed by atoms with Gasteiger partial charge in [-0.1, -0.05) is 42.5 Å². The Morgan fingerprint density at radius 1 is 0.833 bits per heavy atom. The van der Waals surface area contributed by atoms with Crippen molar-refractivity contribution >= 4 is 23.2 Å². The largest absolute Gasteiger partial charge is 0.491 e. The predicted molar refractivity (Wildman–Crippen MR) is 143 cm³/mol. The molecule has 0 atom stereocenters. The molecule has 6 nitrogen and oxygen atoms in total. The van der Waals surface area contributed by atoms with Crippen LogP contribution in [0.15, 0.2) is 84.9 Å². The van der Waals surface area contributed by atoms with Crippen molar-refractivity contribution in [1.82, 2.24) is 9.97 Å². The van der Waals surface area contributed by atoms with Crippen LogP contribution in [0.4, 0.5) is 5.69 Å². The Kier molecular flexibility index (Phi) is 7.75. The molecule has 0 bridgehead atoms. The number of rotatable bonds is 8. The first-order valence-corrected chi connectivity index (χ1v) is 11.8. The van der Waals surface area contributed by atoms with E-state index < -0.39 is 0 Å². The van der Waals surface area contributed by atoms with Gasteiger partial charge in [0, 0.05) is 22.6 Å². The van der Waals surface area contributed by atoms with E-state index in [2.05, 4.69) is 15.3 Å². The van der Waals surface area contributed by atoms with Crippen LogP contribution in [0.5, 0.6) is 17.5 Å². The number of anilines is 1. The maximum absolute atomic E-state index is 13.3. The van der Waals surface area contributed by atoms with E-state index in [4.69, 9.17) is 9.47 Å². The lowest BCUT2D eigenvalue weighted by Crippen LogP contribution is -2.13. The minimum atomic E-state index is -0.213. The van der Waals surface area contributed by atoms with Gasteiger partial charge in [0.15, 0.2) is 0 Å². The normalized spacial score (nSPS) is 11.3. The Morgan fingerprint density at radius 2 is 1.44 bits per heavy atom. The molecule has 0 aliphatic heterocycles. The van der Waals surface area contributed by atoms with E-state index in [0.29, 0.717) is 23.0 Å². The lowest BCUT2D eigenvalue weighted by molar-refractivity contribution is -0.111. The molecule has 0 radical (unpaired) electrons. The lowest BCUT2D eigenvalue weighted by Gasteiger charge is -2.12. The van der Waals surface area contributed by atoms with Crippen molar-refractivity contribution in [2.45, 2.75) is 33.8 Å². The second-order valence-corrected chi connectivity index (χ2v) is 8.67. The number of ether oxygens (including phenoxy) is 2. The SMILES string of the molecule is Cc1cc(C)nc(Oc2ccc(NC(=O)/C(=C/c3ccc(OC(C)C)cc3)c3ccccc3)cc2)n1. The monoisotopic (exact) mass is 479 g/mol. The van der Waals surface area contributed by atoms with Crippen molar-refractivity contribution in [3.63, 3.8) is 0 Å². The summed E-state index contributed by atoms with van der Waals surface area (Å²) < 4.78 is 11.5. The number of nitrogens with zero attached hydrogens (tertiary/aromatic N) is 2. The summed E-state index contributed by atoms with van der Waals surface area (Å²) in [4.78, 5) is 21.9. The van der Waals surface area contributed by atoms with Gasteiger partial charge in [0.05, 0.1) is 6.10 Å². The van der Waals surface area contributed by atoms with Crippen molar-refractivity contribution in [3.05, 3.63) is 107 Å². The molecule has 1 aromatic heterocycles. The third kappa shape index (κ3) is 6.79. The Morgan fingerprint density at radius 3 is 2.06 bits per heavy atom. The van der Waals surface area contributed by atoms with E-state index in [1.807, 2.05) is 94.4 Å². The molecule has 0 saturated carbocycles. The average molecular weight is 480 g/mol. The van der Waals surface area contributed by atoms with E-state index in [9.17, 15) is 4.79 Å². The fraction of sp³-hybridized carbons (Fsp3) is 0.167. The summed E-state index contributed by atoms with van der Waals surface area (Å²) in [5, 5.41) is 2.99. The van der Waals surface area contributed by atoms with Gasteiger partial charge in [-0.2, -0.15) is 0 Å². The Hall–Kier alpha value is -4.45. The van der Waals surface area contributed by atoms with E-state index in [0.717, 1.165) is 28.3 Å². The summed E-state index contributed by atoms with van der Waals surface area (Å²) >= 11 is 0. The Balaban J connectivity index is 1.52. The summed E-state index contributed by atoms with van der Waals surface area (Å²) in [5.41, 5.74) is 4.60. The van der Waals surface area contributed by atoms with Crippen LogP contribution in [0.3, 0.4) is 0 Å². The summed E-state index contributed by atoms with van der Waals surface area (Å²) in [6.07, 6.45) is 1.97. The summed E-state index contributed by atoms with van der Waals surface area (Å²) in [7, 11) is 0. The first-order chi connectivity index (χ1) is 17.4. The minimum absolute atomic E-state index is 0.0993. The number of nitrogens with one attached hydrogen (secondary N) is 1. The first-order valence-electron chi connectivity index (χ1n) is 11.8. The second kappa shape index (κ2) is 11.3. The molecule has 0 fully saturated rings. The van der Waals surface area contributed by atoms with Gasteiger partial charge < -0.3 is 14.8 Å². The van der Waals surface area contributed by atoms with Gasteiger partial charge in [0.2, 0.25) is 0 Å². The maximum Gasteiger partial charge on any atom is 0.322 e. The van der Waals surface area contributed by atoms with Crippen LogP contribution in [0, 0.1) is 13.8 Å². The van der Waals surface area contributed by atoms with Gasteiger partial charge >= 0.3 is 6.01 Å². The molecule has 0 aliphatic carbocycles. The van der Waals surface area contributed by atoms with Crippen molar-refractivity contribution in [2.24, 2.45) is 0 Å². The smallest absolute Gasteiger partial charge is 0.322 e. The third-order valence-electron chi connectivity index (χ3n) is 5.18. The molecule has 4 rings (SSSR count). The van der Waals surface area contributed by atoms with Crippen LogP contribution in [-0.2, 0) is 4.79 Å². The van der Waals surface area contributed by atoms with Crippen molar-refractivity contribution in [3.8, 4) is 17.5 Å². The highest BCUT2D eigenvalue weighted by Crippen LogP contribution is 2.24. The predicted octanol–water partition coefficient (Wildman–Crippen LogP) is 6.85. The molecule has 36 heavy (non-hydrogen) atoms. The molecule has 0 saturated heterocycles. The number of aromatic nitrogens is 2. The number of benzene rings is 3. The molecule has 1 heterocycles. The van der Waals surface area contributed by atoms with Crippen molar-refractivity contribution in [1.29, 1.82) is 0 Å². The highest BCUT2D eigenvalue weighted by atomic mass is 16.5. The summed E-state index contributed by atoms with van der Waals surface area (Å²) in [5.74, 6) is 1.16. The molecule has 0 aliphatic rings. The summed E-state index contributed by atoms with van der Waals surface area (Å²) in [6.45, 7) is 7.76. The molecule has 0 spiro atoms. The van der Waals surface area contributed by atoms with Gasteiger partial charge in [-0.3, -0.25) is 4.79 Å². The van der Waals surface area contributed by atoms with Crippen LogP contribution in [0.2, 0.25) is 0 Å². The highest BCUT2D eigenvalue weighted by Gasteiger charge is 2.13. The highest BCUT2D eigenvalue weighted by molar-refractivity contribution is 6.29. The third-order valence-corrected chi connectivity index (χ3v) is 5.18. The molecule has 3 aromatic carbocycles. The fourth-order valence-electron chi connectivity index (χ4n) is 3.63. The van der Waals surface area contributed by atoms with Crippen molar-refractivity contribution < 1.29 is 14.3 Å². The van der Waals surface area contributed by atoms with Gasteiger partial charge in [-0.25, -0.2) is 9.97 Å². The zero-order valence-electron chi connectivity index (χ0n) is 20.9. The first kappa shape index (κ1) is 24.7. The van der Waals surface area contributed by atoms with Crippen LogP contribution in [0.1, 0.15) is 36.4 Å². The fourth-order valence-corrected chi connectivity index (χ4v) is 3.63. The number of aryl methyl sites for hydroxylation is 2. The molecular formula is C30H29N3O3. The maximum atomic E-state index is 13.3. The van der Waals surface area contributed by atoms with E-state index >= 15 is 0 Å². The zero-order valence-corrected chi connectivity index (χ0v) is 20.9. The summed E-state index contributed by atoms with van der Waals surface area (Å²) in [6, 6.07) is 26.6. The Bertz CT molecular complexity index is 1330. The van der Waals surface area contributed by atoms with Gasteiger partial charge in [0.1, 0.15) is 11.5 Å². The molecule has 4 aromatic rings. The average Bonchev–Trinajstić information content (AvgIpc) is 2.84. The standard InChI is InChI=1S/C30H29N3O3/c1-20(2)35-26-14-10-23(11-15-26)19-28(24-8-6-5-7-9-24)29(34)33-25-12-16-27(17-13-25)36-30-31-21(3)18-22(4)32-30/h5-20H,1-4H3,(H,33,34)/b28-19+. The quantitative estimate of drug-likeness (QED) is 0.221. The van der Waals surface area contributed by atoms with E-state index in [-0.39, 0.29) is 12.0 Å². The topological polar surface area (TPSA) is 73.3 Å². The lowest BCUT2D eigenvalue weighted by atomic mass is 10.0. The zero-order chi connectivity index (χ0) is 25.5. The van der Waals surface area contributed by atoms with Crippen LogP contribution in [-0.4, -0.2) is 22.0 Å². The number of hydrogen-bond acceptors (Lipinski definition) is 5. The van der Waals surface area contributed by atoms with Gasteiger partial charge in [-0.05, 0) is 87.4 Å². The van der Waals surface area contributed by atoms with Gasteiger partial charge in [0.25, 0.3) is 5.91 Å². The van der Waals surface area contributed by atoms with Crippen molar-refractivity contribution in [2.75, 3.05) is 5.32 Å². The number of hydrogen-bond donors (Lipinski definition) is 1. The van der Waals surface area contributed by atoms with Gasteiger partial charge in [-0.15, -0.1) is 0 Å². The minimum Gasteiger partial charge on any atom is -0.491 e. The molecule has 0 unspecified atom stereocenters. The van der Waals surface area contributed by atoms with Crippen LogP contribution in [0.25, 0.3) is 11.6 Å². The molecule has 6 heteroatoms. The van der Waals surface area contributed by atoms with Crippen LogP contribution < -0.4 is 14.8 Å². The molecule has 182 valence electrons. The number of carbonyl (C=O) groups is 1. The van der Waals surface area contributed by atoms with E-state index in [1.54, 1.807) is 24.3 Å². The Labute approximate surface area is 211 Å². The molecule has 1 N–H and O–H groups in total. The van der Waals surface area contributed by atoms with E-state index in [1.165, 1.54) is 0 Å². The number of carbonyl (C=O) groups excluding carboxylic acids is 1. The molecule has 1 amide bonds. The second-order valence-electron chi connectivity index (χ2n) is 8.67. The molecular weight excluding hydrogens is 450 g/mol.